The summed E-state index contributed by atoms with van der Waals surface area (Å²) in [5, 5.41) is 19.2. The SMILES string of the molecule is CCCc1nc(Cc2ccccc2)nn1Cc1ccc(-c2ccncc2-c2nn[nH]n2)cc1. The second kappa shape index (κ2) is 9.52. The first-order valence-electron chi connectivity index (χ1n) is 11.0. The molecule has 0 saturated heterocycles. The van der Waals surface area contributed by atoms with Crippen molar-refractivity contribution in [2.45, 2.75) is 32.7 Å². The smallest absolute Gasteiger partial charge is 0.206 e. The number of pyridine rings is 1. The molecule has 3 heterocycles. The summed E-state index contributed by atoms with van der Waals surface area (Å²) in [5.41, 5.74) is 5.30. The molecular formula is C25H24N8. The summed E-state index contributed by atoms with van der Waals surface area (Å²) in [6, 6.07) is 20.8. The lowest BCUT2D eigenvalue weighted by Gasteiger charge is -2.09. The van der Waals surface area contributed by atoms with Gasteiger partial charge in [0.1, 0.15) is 5.82 Å². The van der Waals surface area contributed by atoms with Gasteiger partial charge in [-0.1, -0.05) is 61.5 Å². The van der Waals surface area contributed by atoms with Crippen LogP contribution in [0.2, 0.25) is 0 Å². The molecule has 0 aliphatic carbocycles. The van der Waals surface area contributed by atoms with Crippen LogP contribution in [0.5, 0.6) is 0 Å². The summed E-state index contributed by atoms with van der Waals surface area (Å²) in [6.45, 7) is 2.85. The Hall–Kier alpha value is -4.20. The van der Waals surface area contributed by atoms with Crippen molar-refractivity contribution in [2.75, 3.05) is 0 Å². The Morgan fingerprint density at radius 2 is 1.76 bits per heavy atom. The van der Waals surface area contributed by atoms with E-state index in [0.717, 1.165) is 47.6 Å². The van der Waals surface area contributed by atoms with Crippen molar-refractivity contribution >= 4 is 0 Å². The third kappa shape index (κ3) is 4.69. The summed E-state index contributed by atoms with van der Waals surface area (Å²) in [5.74, 6) is 2.42. The average Bonchev–Trinajstić information content (AvgIpc) is 3.51. The Balaban J connectivity index is 1.38. The van der Waals surface area contributed by atoms with Gasteiger partial charge >= 0.3 is 0 Å². The van der Waals surface area contributed by atoms with Gasteiger partial charge in [0.2, 0.25) is 5.82 Å². The van der Waals surface area contributed by atoms with Gasteiger partial charge in [0.15, 0.2) is 5.82 Å². The van der Waals surface area contributed by atoms with Crippen LogP contribution >= 0.6 is 0 Å². The number of nitrogens with zero attached hydrogens (tertiary/aromatic N) is 7. The molecule has 0 bridgehead atoms. The molecule has 5 rings (SSSR count). The summed E-state index contributed by atoms with van der Waals surface area (Å²) >= 11 is 0. The molecular weight excluding hydrogens is 412 g/mol. The van der Waals surface area contributed by atoms with E-state index in [9.17, 15) is 0 Å². The van der Waals surface area contributed by atoms with E-state index in [1.165, 1.54) is 11.1 Å². The molecule has 3 aromatic heterocycles. The van der Waals surface area contributed by atoms with Gasteiger partial charge in [0.25, 0.3) is 0 Å². The lowest BCUT2D eigenvalue weighted by atomic mass is 10.00. The minimum absolute atomic E-state index is 0.528. The van der Waals surface area contributed by atoms with Crippen LogP contribution in [-0.4, -0.2) is 40.4 Å². The van der Waals surface area contributed by atoms with Gasteiger partial charge in [-0.3, -0.25) is 4.98 Å². The van der Waals surface area contributed by atoms with Crippen molar-refractivity contribution in [3.8, 4) is 22.5 Å². The summed E-state index contributed by atoms with van der Waals surface area (Å²) in [4.78, 5) is 9.04. The van der Waals surface area contributed by atoms with E-state index < -0.39 is 0 Å². The number of aromatic nitrogens is 8. The highest BCUT2D eigenvalue weighted by Gasteiger charge is 2.13. The quantitative estimate of drug-likeness (QED) is 0.393. The molecule has 8 nitrogen and oxygen atoms in total. The third-order valence-electron chi connectivity index (χ3n) is 5.48. The van der Waals surface area contributed by atoms with E-state index >= 15 is 0 Å². The first-order valence-corrected chi connectivity index (χ1v) is 11.0. The molecule has 0 fully saturated rings. The number of hydrogen-bond donors (Lipinski definition) is 1. The molecule has 0 aliphatic rings. The molecule has 1 N–H and O–H groups in total. The van der Waals surface area contributed by atoms with E-state index in [-0.39, 0.29) is 0 Å². The molecule has 0 unspecified atom stereocenters. The summed E-state index contributed by atoms with van der Waals surface area (Å²) < 4.78 is 2.04. The van der Waals surface area contributed by atoms with Crippen molar-refractivity contribution in [1.29, 1.82) is 0 Å². The van der Waals surface area contributed by atoms with Gasteiger partial charge in [-0.05, 0) is 40.0 Å². The Morgan fingerprint density at radius 1 is 0.909 bits per heavy atom. The average molecular weight is 437 g/mol. The lowest BCUT2D eigenvalue weighted by Crippen LogP contribution is -2.07. The van der Waals surface area contributed by atoms with E-state index in [1.807, 2.05) is 28.9 Å². The predicted molar refractivity (Wildman–Crippen MR) is 125 cm³/mol. The van der Waals surface area contributed by atoms with Crippen LogP contribution in [0.25, 0.3) is 22.5 Å². The Bertz CT molecular complexity index is 1310. The van der Waals surface area contributed by atoms with Gasteiger partial charge in [0, 0.05) is 30.8 Å². The van der Waals surface area contributed by atoms with Gasteiger partial charge in [0.05, 0.1) is 6.54 Å². The number of aromatic amines is 1. The second-order valence-corrected chi connectivity index (χ2v) is 7.87. The van der Waals surface area contributed by atoms with Crippen molar-refractivity contribution < 1.29 is 0 Å². The van der Waals surface area contributed by atoms with Crippen LogP contribution in [0, 0.1) is 0 Å². The third-order valence-corrected chi connectivity index (χ3v) is 5.48. The summed E-state index contributed by atoms with van der Waals surface area (Å²) in [6.07, 6.45) is 6.21. The topological polar surface area (TPSA) is 98.1 Å². The molecule has 33 heavy (non-hydrogen) atoms. The molecule has 2 aromatic carbocycles. The van der Waals surface area contributed by atoms with E-state index in [0.29, 0.717) is 12.4 Å². The fraction of sp³-hybridized carbons (Fsp3) is 0.200. The summed E-state index contributed by atoms with van der Waals surface area (Å²) in [7, 11) is 0. The number of hydrogen-bond acceptors (Lipinski definition) is 6. The lowest BCUT2D eigenvalue weighted by molar-refractivity contribution is 0.626. The maximum absolute atomic E-state index is 4.82. The number of nitrogens with one attached hydrogen (secondary N) is 1. The van der Waals surface area contributed by atoms with Crippen LogP contribution in [0.15, 0.2) is 73.1 Å². The Labute approximate surface area is 191 Å². The van der Waals surface area contributed by atoms with E-state index in [2.05, 4.69) is 68.9 Å². The maximum Gasteiger partial charge on any atom is 0.206 e. The zero-order valence-corrected chi connectivity index (χ0v) is 18.4. The molecule has 0 aliphatic heterocycles. The van der Waals surface area contributed by atoms with Crippen molar-refractivity contribution in [3.63, 3.8) is 0 Å². The van der Waals surface area contributed by atoms with Crippen LogP contribution in [0.4, 0.5) is 0 Å². The zero-order chi connectivity index (χ0) is 22.5. The normalized spacial score (nSPS) is 11.1. The number of rotatable bonds is 8. The molecule has 0 amide bonds. The van der Waals surface area contributed by atoms with E-state index in [4.69, 9.17) is 10.1 Å². The monoisotopic (exact) mass is 436 g/mol. The van der Waals surface area contributed by atoms with Crippen molar-refractivity contribution in [1.82, 2.24) is 40.4 Å². The number of tetrazole rings is 1. The highest BCUT2D eigenvalue weighted by atomic mass is 15.5. The highest BCUT2D eigenvalue weighted by Crippen LogP contribution is 2.29. The Kier molecular flexibility index (Phi) is 5.97. The maximum atomic E-state index is 4.82. The number of benzene rings is 2. The minimum Gasteiger partial charge on any atom is -0.264 e. The minimum atomic E-state index is 0.528. The first kappa shape index (κ1) is 20.7. The van der Waals surface area contributed by atoms with Crippen LogP contribution in [0.3, 0.4) is 0 Å². The molecule has 164 valence electrons. The molecule has 8 heteroatoms. The fourth-order valence-electron chi connectivity index (χ4n) is 3.88. The molecule has 0 saturated carbocycles. The molecule has 0 spiro atoms. The Morgan fingerprint density at radius 3 is 2.52 bits per heavy atom. The van der Waals surface area contributed by atoms with Gasteiger partial charge in [-0.25, -0.2) is 9.67 Å². The van der Waals surface area contributed by atoms with E-state index in [1.54, 1.807) is 12.4 Å². The van der Waals surface area contributed by atoms with Gasteiger partial charge < -0.3 is 0 Å². The fourth-order valence-corrected chi connectivity index (χ4v) is 3.88. The zero-order valence-electron chi connectivity index (χ0n) is 18.4. The predicted octanol–water partition coefficient (Wildman–Crippen LogP) is 4.11. The van der Waals surface area contributed by atoms with Crippen molar-refractivity contribution in [3.05, 3.63) is 95.8 Å². The standard InChI is InChI=1S/C25H24N8/c1-2-6-24-27-23(15-18-7-4-3-5-8-18)30-33(24)17-19-9-11-20(12-10-19)21-13-14-26-16-22(21)25-28-31-32-29-25/h3-5,7-14,16H,2,6,15,17H2,1H3,(H,28,29,31,32). The van der Waals surface area contributed by atoms with Crippen LogP contribution < -0.4 is 0 Å². The van der Waals surface area contributed by atoms with Crippen LogP contribution in [-0.2, 0) is 19.4 Å². The number of H-pyrrole nitrogens is 1. The molecule has 5 aromatic rings. The largest absolute Gasteiger partial charge is 0.264 e. The van der Waals surface area contributed by atoms with Crippen LogP contribution in [0.1, 0.15) is 36.1 Å². The van der Waals surface area contributed by atoms with Gasteiger partial charge in [-0.15, -0.1) is 10.2 Å². The highest BCUT2D eigenvalue weighted by molar-refractivity contribution is 5.79. The second-order valence-electron chi connectivity index (χ2n) is 7.87. The molecule has 0 atom stereocenters. The van der Waals surface area contributed by atoms with Crippen molar-refractivity contribution in [2.24, 2.45) is 0 Å². The molecule has 0 radical (unpaired) electrons. The number of aryl methyl sites for hydroxylation is 1. The van der Waals surface area contributed by atoms with Gasteiger partial charge in [-0.2, -0.15) is 10.3 Å². The first-order chi connectivity index (χ1) is 16.3.